The van der Waals surface area contributed by atoms with Gasteiger partial charge in [-0.05, 0) is 42.3 Å². The van der Waals surface area contributed by atoms with Crippen LogP contribution in [0.1, 0.15) is 16.8 Å². The van der Waals surface area contributed by atoms with Gasteiger partial charge in [-0.3, -0.25) is 4.98 Å². The fourth-order valence-electron chi connectivity index (χ4n) is 2.53. The van der Waals surface area contributed by atoms with Crippen LogP contribution in [0.4, 0.5) is 0 Å². The van der Waals surface area contributed by atoms with Crippen molar-refractivity contribution >= 4 is 26.8 Å². The number of nitrogens with one attached hydrogen (secondary N) is 1. The number of hydrogen-bond donors (Lipinski definition) is 1. The Morgan fingerprint density at radius 1 is 1.00 bits per heavy atom. The molecule has 0 unspecified atom stereocenters. The summed E-state index contributed by atoms with van der Waals surface area (Å²) in [5.41, 5.74) is 4.71. The van der Waals surface area contributed by atoms with Crippen molar-refractivity contribution in [3.05, 3.63) is 75.9 Å². The summed E-state index contributed by atoms with van der Waals surface area (Å²) in [5, 5.41) is 4.74. The van der Waals surface area contributed by atoms with Gasteiger partial charge >= 0.3 is 0 Å². The van der Waals surface area contributed by atoms with Gasteiger partial charge in [-0.25, -0.2) is 0 Å². The number of rotatable bonds is 4. The zero-order valence-corrected chi connectivity index (χ0v) is 13.5. The highest BCUT2D eigenvalue weighted by Crippen LogP contribution is 2.18. The van der Waals surface area contributed by atoms with Crippen molar-refractivity contribution in [3.8, 4) is 0 Å². The summed E-state index contributed by atoms with van der Waals surface area (Å²) in [4.78, 5) is 4.58. The summed E-state index contributed by atoms with van der Waals surface area (Å²) in [7, 11) is 0. The molecule has 2 nitrogen and oxygen atoms in total. The van der Waals surface area contributed by atoms with Crippen LogP contribution in [0.2, 0.25) is 0 Å². The average Bonchev–Trinajstić information content (AvgIpc) is 2.47. The maximum Gasteiger partial charge on any atom is 0.0708 e. The normalized spacial score (nSPS) is 11.0. The molecule has 3 rings (SSSR count). The van der Waals surface area contributed by atoms with Gasteiger partial charge in [0.1, 0.15) is 0 Å². The van der Waals surface area contributed by atoms with Crippen LogP contribution in [0.5, 0.6) is 0 Å². The first kappa shape index (κ1) is 14.2. The Morgan fingerprint density at radius 3 is 2.71 bits per heavy atom. The van der Waals surface area contributed by atoms with Crippen molar-refractivity contribution in [2.24, 2.45) is 0 Å². The molecule has 0 aliphatic carbocycles. The van der Waals surface area contributed by atoms with E-state index >= 15 is 0 Å². The zero-order chi connectivity index (χ0) is 14.7. The van der Waals surface area contributed by atoms with Gasteiger partial charge in [-0.2, -0.15) is 0 Å². The Bertz CT molecular complexity index is 768. The van der Waals surface area contributed by atoms with E-state index in [2.05, 4.69) is 68.7 Å². The lowest BCUT2D eigenvalue weighted by Crippen LogP contribution is -2.13. The van der Waals surface area contributed by atoms with Crippen molar-refractivity contribution in [2.45, 2.75) is 20.0 Å². The number of aryl methyl sites for hydroxylation is 1. The Hall–Kier alpha value is -1.71. The molecule has 0 aliphatic rings. The van der Waals surface area contributed by atoms with E-state index in [-0.39, 0.29) is 0 Å². The monoisotopic (exact) mass is 340 g/mol. The SMILES string of the molecule is Cc1cc(CNCc2cccc(Br)c2)c2ccccc2n1. The van der Waals surface area contributed by atoms with Gasteiger partial charge in [0, 0.05) is 28.6 Å². The highest BCUT2D eigenvalue weighted by Gasteiger charge is 2.03. The summed E-state index contributed by atoms with van der Waals surface area (Å²) in [5.74, 6) is 0. The third-order valence-corrected chi connectivity index (χ3v) is 3.96. The second-order valence-corrected chi connectivity index (χ2v) is 6.09. The number of nitrogens with zero attached hydrogens (tertiary/aromatic N) is 1. The van der Waals surface area contributed by atoms with E-state index in [9.17, 15) is 0 Å². The van der Waals surface area contributed by atoms with Crippen LogP contribution in [-0.2, 0) is 13.1 Å². The van der Waals surface area contributed by atoms with Gasteiger partial charge in [0.05, 0.1) is 5.52 Å². The topological polar surface area (TPSA) is 24.9 Å². The molecule has 0 atom stereocenters. The van der Waals surface area contributed by atoms with Crippen molar-refractivity contribution in [1.82, 2.24) is 10.3 Å². The fourth-order valence-corrected chi connectivity index (χ4v) is 2.98. The zero-order valence-electron chi connectivity index (χ0n) is 11.9. The average molecular weight is 341 g/mol. The Labute approximate surface area is 133 Å². The molecule has 1 aromatic heterocycles. The van der Waals surface area contributed by atoms with Crippen molar-refractivity contribution in [1.29, 1.82) is 0 Å². The van der Waals surface area contributed by atoms with E-state index in [1.807, 2.05) is 19.1 Å². The van der Waals surface area contributed by atoms with E-state index in [4.69, 9.17) is 0 Å². The first-order valence-electron chi connectivity index (χ1n) is 7.03. The second kappa shape index (κ2) is 6.37. The van der Waals surface area contributed by atoms with E-state index in [0.717, 1.165) is 28.8 Å². The molecule has 1 heterocycles. The van der Waals surface area contributed by atoms with Gasteiger partial charge in [0.25, 0.3) is 0 Å². The first-order valence-corrected chi connectivity index (χ1v) is 7.82. The predicted molar refractivity (Wildman–Crippen MR) is 91.2 cm³/mol. The smallest absolute Gasteiger partial charge is 0.0708 e. The second-order valence-electron chi connectivity index (χ2n) is 5.17. The lowest BCUT2D eigenvalue weighted by molar-refractivity contribution is 0.695. The number of hydrogen-bond acceptors (Lipinski definition) is 2. The molecule has 3 aromatic rings. The highest BCUT2D eigenvalue weighted by molar-refractivity contribution is 9.10. The predicted octanol–water partition coefficient (Wildman–Crippen LogP) is 4.60. The molecule has 0 spiro atoms. The van der Waals surface area contributed by atoms with Gasteiger partial charge in [-0.1, -0.05) is 46.3 Å². The Morgan fingerprint density at radius 2 is 1.86 bits per heavy atom. The molecular formula is C18H17BrN2. The fraction of sp³-hybridized carbons (Fsp3) is 0.167. The van der Waals surface area contributed by atoms with Crippen LogP contribution in [0.3, 0.4) is 0 Å². The minimum Gasteiger partial charge on any atom is -0.309 e. The lowest BCUT2D eigenvalue weighted by Gasteiger charge is -2.09. The third-order valence-electron chi connectivity index (χ3n) is 3.46. The molecule has 0 amide bonds. The largest absolute Gasteiger partial charge is 0.309 e. The molecule has 0 saturated carbocycles. The summed E-state index contributed by atoms with van der Waals surface area (Å²) in [6.07, 6.45) is 0. The number of fused-ring (bicyclic) bond motifs is 1. The van der Waals surface area contributed by atoms with Crippen LogP contribution in [0, 0.1) is 6.92 Å². The van der Waals surface area contributed by atoms with Gasteiger partial charge < -0.3 is 5.32 Å². The Balaban J connectivity index is 1.76. The van der Waals surface area contributed by atoms with Crippen LogP contribution in [0.15, 0.2) is 59.1 Å². The number of benzene rings is 2. The molecule has 0 fully saturated rings. The quantitative estimate of drug-likeness (QED) is 0.750. The molecular weight excluding hydrogens is 324 g/mol. The van der Waals surface area contributed by atoms with Crippen LogP contribution in [0.25, 0.3) is 10.9 Å². The Kier molecular flexibility index (Phi) is 4.32. The highest BCUT2D eigenvalue weighted by atomic mass is 79.9. The maximum atomic E-state index is 4.58. The standard InChI is InChI=1S/C18H17BrN2/c1-13-9-15(17-7-2-3-8-18(17)21-13)12-20-11-14-5-4-6-16(19)10-14/h2-10,20H,11-12H2,1H3. The molecule has 0 aliphatic heterocycles. The van der Waals surface area contributed by atoms with Crippen LogP contribution < -0.4 is 5.32 Å². The molecule has 0 saturated heterocycles. The van der Waals surface area contributed by atoms with Gasteiger partial charge in [0.15, 0.2) is 0 Å². The minimum absolute atomic E-state index is 0.844. The maximum absolute atomic E-state index is 4.58. The van der Waals surface area contributed by atoms with E-state index in [0.29, 0.717) is 0 Å². The summed E-state index contributed by atoms with van der Waals surface area (Å²) in [6.45, 7) is 3.75. The molecule has 106 valence electrons. The lowest BCUT2D eigenvalue weighted by atomic mass is 10.1. The number of halogens is 1. The number of aromatic nitrogens is 1. The van der Waals surface area contributed by atoms with Crippen molar-refractivity contribution < 1.29 is 0 Å². The van der Waals surface area contributed by atoms with E-state index in [1.165, 1.54) is 16.5 Å². The summed E-state index contributed by atoms with van der Waals surface area (Å²) in [6, 6.07) is 18.9. The number of pyridine rings is 1. The summed E-state index contributed by atoms with van der Waals surface area (Å²) < 4.78 is 1.12. The molecule has 21 heavy (non-hydrogen) atoms. The molecule has 1 N–H and O–H groups in total. The molecule has 3 heteroatoms. The van der Waals surface area contributed by atoms with Gasteiger partial charge in [-0.15, -0.1) is 0 Å². The minimum atomic E-state index is 0.844. The summed E-state index contributed by atoms with van der Waals surface area (Å²) >= 11 is 3.51. The van der Waals surface area contributed by atoms with Crippen molar-refractivity contribution in [3.63, 3.8) is 0 Å². The number of para-hydroxylation sites is 1. The van der Waals surface area contributed by atoms with Crippen LogP contribution in [-0.4, -0.2) is 4.98 Å². The van der Waals surface area contributed by atoms with E-state index in [1.54, 1.807) is 0 Å². The van der Waals surface area contributed by atoms with Crippen LogP contribution >= 0.6 is 15.9 Å². The third kappa shape index (κ3) is 3.49. The van der Waals surface area contributed by atoms with Gasteiger partial charge in [0.2, 0.25) is 0 Å². The molecule has 0 radical (unpaired) electrons. The first-order chi connectivity index (χ1) is 10.2. The molecule has 0 bridgehead atoms. The van der Waals surface area contributed by atoms with Crippen molar-refractivity contribution in [2.75, 3.05) is 0 Å². The van der Waals surface area contributed by atoms with E-state index < -0.39 is 0 Å². The molecule has 2 aromatic carbocycles.